The molecule has 1 aliphatic carbocycles. The lowest BCUT2D eigenvalue weighted by atomic mass is 9.88. The van der Waals surface area contributed by atoms with E-state index in [1.54, 1.807) is 0 Å². The Bertz CT molecular complexity index is 228. The minimum absolute atomic E-state index is 1.02. The highest BCUT2D eigenvalue weighted by Gasteiger charge is 2.25. The van der Waals surface area contributed by atoms with Gasteiger partial charge in [-0.05, 0) is 31.1 Å². The lowest BCUT2D eigenvalue weighted by molar-refractivity contribution is 0.352. The highest BCUT2D eigenvalue weighted by atomic mass is 14.3. The summed E-state index contributed by atoms with van der Waals surface area (Å²) in [5, 5.41) is 0. The first kappa shape index (κ1) is 17.8. The number of hydrogen-bond donors (Lipinski definition) is 0. The van der Waals surface area contributed by atoms with Crippen LogP contribution in [0.15, 0.2) is 12.2 Å². The van der Waals surface area contributed by atoms with Gasteiger partial charge in [-0.3, -0.25) is 0 Å². The fourth-order valence-electron chi connectivity index (χ4n) is 3.70. The monoisotopic (exact) mass is 278 g/mol. The largest absolute Gasteiger partial charge is 0.0885 e. The second-order valence-corrected chi connectivity index (χ2v) is 6.86. The van der Waals surface area contributed by atoms with E-state index in [1.807, 2.05) is 0 Å². The van der Waals surface area contributed by atoms with Crippen molar-refractivity contribution in [3.8, 4) is 0 Å². The predicted octanol–water partition coefficient (Wildman–Crippen LogP) is 7.29. The second-order valence-electron chi connectivity index (χ2n) is 6.86. The van der Waals surface area contributed by atoms with Crippen molar-refractivity contribution in [1.29, 1.82) is 0 Å². The summed E-state index contributed by atoms with van der Waals surface area (Å²) in [6, 6.07) is 0. The van der Waals surface area contributed by atoms with Gasteiger partial charge in [0.25, 0.3) is 0 Å². The van der Waals surface area contributed by atoms with Gasteiger partial charge in [0.05, 0.1) is 0 Å². The Kier molecular flexibility index (Phi) is 11.1. The summed E-state index contributed by atoms with van der Waals surface area (Å²) in [7, 11) is 0. The molecule has 1 aliphatic rings. The zero-order valence-electron chi connectivity index (χ0n) is 14.2. The highest BCUT2D eigenvalue weighted by Crippen LogP contribution is 2.37. The molecule has 0 saturated heterocycles. The van der Waals surface area contributed by atoms with Gasteiger partial charge in [0.15, 0.2) is 0 Å². The predicted molar refractivity (Wildman–Crippen MR) is 92.1 cm³/mol. The fourth-order valence-corrected chi connectivity index (χ4v) is 3.70. The molecule has 1 saturated carbocycles. The third-order valence-corrected chi connectivity index (χ3v) is 5.07. The van der Waals surface area contributed by atoms with E-state index >= 15 is 0 Å². The summed E-state index contributed by atoms with van der Waals surface area (Å²) in [5.41, 5.74) is 0. The van der Waals surface area contributed by atoms with E-state index in [1.165, 1.54) is 89.9 Å². The van der Waals surface area contributed by atoms with Crippen LogP contribution in [0.5, 0.6) is 0 Å². The summed E-state index contributed by atoms with van der Waals surface area (Å²) < 4.78 is 0. The average molecular weight is 279 g/mol. The summed E-state index contributed by atoms with van der Waals surface area (Å²) in [4.78, 5) is 0. The van der Waals surface area contributed by atoms with Crippen LogP contribution in [0, 0.1) is 11.8 Å². The molecule has 0 aromatic carbocycles. The SMILES string of the molecule is CCCC/C=C\CC1CCC[C@@H]1CCCCCCCC. The Labute approximate surface area is 128 Å². The first-order valence-electron chi connectivity index (χ1n) is 9.53. The Hall–Kier alpha value is -0.260. The van der Waals surface area contributed by atoms with Crippen LogP contribution in [-0.4, -0.2) is 0 Å². The van der Waals surface area contributed by atoms with E-state index in [-0.39, 0.29) is 0 Å². The third-order valence-electron chi connectivity index (χ3n) is 5.07. The van der Waals surface area contributed by atoms with Gasteiger partial charge in [-0.2, -0.15) is 0 Å². The van der Waals surface area contributed by atoms with Gasteiger partial charge in [-0.25, -0.2) is 0 Å². The van der Waals surface area contributed by atoms with Crippen LogP contribution in [0.3, 0.4) is 0 Å². The van der Waals surface area contributed by atoms with Crippen LogP contribution in [0.4, 0.5) is 0 Å². The molecule has 1 rings (SSSR count). The zero-order valence-corrected chi connectivity index (χ0v) is 14.2. The van der Waals surface area contributed by atoms with E-state index in [4.69, 9.17) is 0 Å². The smallest absolute Gasteiger partial charge is 0.0320 e. The first-order chi connectivity index (χ1) is 9.88. The zero-order chi connectivity index (χ0) is 14.5. The van der Waals surface area contributed by atoms with Gasteiger partial charge < -0.3 is 0 Å². The summed E-state index contributed by atoms with van der Waals surface area (Å²) in [5.74, 6) is 2.07. The van der Waals surface area contributed by atoms with Crippen LogP contribution in [0.1, 0.15) is 104 Å². The molecule has 0 spiro atoms. The maximum atomic E-state index is 2.49. The minimum atomic E-state index is 1.02. The molecule has 118 valence electrons. The molecule has 0 nitrogen and oxygen atoms in total. The molecule has 1 unspecified atom stereocenters. The molecular formula is C20H38. The van der Waals surface area contributed by atoms with Gasteiger partial charge in [0.1, 0.15) is 0 Å². The molecule has 0 N–H and O–H groups in total. The first-order valence-corrected chi connectivity index (χ1v) is 9.53. The van der Waals surface area contributed by atoms with E-state index < -0.39 is 0 Å². The van der Waals surface area contributed by atoms with E-state index in [0.29, 0.717) is 0 Å². The Morgan fingerprint density at radius 3 is 2.25 bits per heavy atom. The van der Waals surface area contributed by atoms with Crippen molar-refractivity contribution in [2.75, 3.05) is 0 Å². The van der Waals surface area contributed by atoms with E-state index in [0.717, 1.165) is 11.8 Å². The quantitative estimate of drug-likeness (QED) is 0.260. The lowest BCUT2D eigenvalue weighted by Crippen LogP contribution is -2.07. The molecule has 0 bridgehead atoms. The fraction of sp³-hybridized carbons (Fsp3) is 0.900. The molecule has 0 heterocycles. The molecule has 0 heteroatoms. The van der Waals surface area contributed by atoms with Gasteiger partial charge in [-0.15, -0.1) is 0 Å². The molecule has 20 heavy (non-hydrogen) atoms. The number of allylic oxidation sites excluding steroid dienone is 2. The van der Waals surface area contributed by atoms with Crippen LogP contribution in [0.2, 0.25) is 0 Å². The van der Waals surface area contributed by atoms with E-state index in [9.17, 15) is 0 Å². The Morgan fingerprint density at radius 2 is 1.45 bits per heavy atom. The summed E-state index contributed by atoms with van der Waals surface area (Å²) in [6.45, 7) is 4.58. The molecule has 0 aromatic heterocycles. The van der Waals surface area contributed by atoms with Crippen LogP contribution in [0.25, 0.3) is 0 Å². The van der Waals surface area contributed by atoms with Crippen LogP contribution >= 0.6 is 0 Å². The van der Waals surface area contributed by atoms with Crippen molar-refractivity contribution < 1.29 is 0 Å². The van der Waals surface area contributed by atoms with Crippen molar-refractivity contribution in [3.63, 3.8) is 0 Å². The molecule has 2 atom stereocenters. The number of unbranched alkanes of at least 4 members (excludes halogenated alkanes) is 7. The van der Waals surface area contributed by atoms with Crippen molar-refractivity contribution in [2.24, 2.45) is 11.8 Å². The van der Waals surface area contributed by atoms with Crippen molar-refractivity contribution in [3.05, 3.63) is 12.2 Å². The molecule has 0 radical (unpaired) electrons. The van der Waals surface area contributed by atoms with Crippen molar-refractivity contribution >= 4 is 0 Å². The molecule has 0 aromatic rings. The Balaban J connectivity index is 2.06. The van der Waals surface area contributed by atoms with Gasteiger partial charge >= 0.3 is 0 Å². The van der Waals surface area contributed by atoms with E-state index in [2.05, 4.69) is 26.0 Å². The van der Waals surface area contributed by atoms with Crippen molar-refractivity contribution in [2.45, 2.75) is 104 Å². The normalized spacial score (nSPS) is 22.9. The Morgan fingerprint density at radius 1 is 0.750 bits per heavy atom. The van der Waals surface area contributed by atoms with Crippen LogP contribution in [-0.2, 0) is 0 Å². The molecule has 0 aliphatic heterocycles. The van der Waals surface area contributed by atoms with Gasteiger partial charge in [0.2, 0.25) is 0 Å². The lowest BCUT2D eigenvalue weighted by Gasteiger charge is -2.18. The van der Waals surface area contributed by atoms with Gasteiger partial charge in [-0.1, -0.05) is 96.6 Å². The highest BCUT2D eigenvalue weighted by molar-refractivity contribution is 4.88. The van der Waals surface area contributed by atoms with Crippen LogP contribution < -0.4 is 0 Å². The summed E-state index contributed by atoms with van der Waals surface area (Å²) in [6.07, 6.45) is 25.0. The number of rotatable bonds is 12. The molecule has 0 amide bonds. The minimum Gasteiger partial charge on any atom is -0.0885 e. The molecular weight excluding hydrogens is 240 g/mol. The topological polar surface area (TPSA) is 0 Å². The average Bonchev–Trinajstić information content (AvgIpc) is 2.90. The summed E-state index contributed by atoms with van der Waals surface area (Å²) >= 11 is 0. The van der Waals surface area contributed by atoms with Gasteiger partial charge in [0, 0.05) is 0 Å². The van der Waals surface area contributed by atoms with Crippen molar-refractivity contribution in [1.82, 2.24) is 0 Å². The third kappa shape index (κ3) is 8.12. The molecule has 1 fully saturated rings. The number of hydrogen-bond acceptors (Lipinski definition) is 0. The standard InChI is InChI=1S/C20H38/c1-3-5-7-9-11-13-16-20-18-14-17-19(20)15-12-10-8-6-4-2/h10,12,19-20H,3-9,11,13-18H2,1-2H3/b12-10-/t19?,20-/m0/s1. The second kappa shape index (κ2) is 12.5. The maximum absolute atomic E-state index is 2.49. The maximum Gasteiger partial charge on any atom is -0.0320 e.